The summed E-state index contributed by atoms with van der Waals surface area (Å²) in [6.45, 7) is 9.16. The van der Waals surface area contributed by atoms with Crippen molar-refractivity contribution >= 4 is 28.7 Å². The van der Waals surface area contributed by atoms with Crippen molar-refractivity contribution in [2.24, 2.45) is 5.73 Å². The van der Waals surface area contributed by atoms with E-state index < -0.39 is 17.5 Å². The van der Waals surface area contributed by atoms with Crippen LogP contribution in [-0.4, -0.2) is 89.7 Å². The fourth-order valence-corrected chi connectivity index (χ4v) is 5.19. The molecule has 0 saturated carbocycles. The fraction of sp³-hybridized carbons (Fsp3) is 0.414. The molecule has 3 aromatic rings. The number of aromatic amines is 1. The van der Waals surface area contributed by atoms with Gasteiger partial charge in [0.25, 0.3) is 0 Å². The second-order valence-electron chi connectivity index (χ2n) is 10.3. The smallest absolute Gasteiger partial charge is 0.338 e. The number of ether oxygens (including phenoxy) is 2. The summed E-state index contributed by atoms with van der Waals surface area (Å²) < 4.78 is 11.4. The van der Waals surface area contributed by atoms with E-state index in [0.717, 1.165) is 24.3 Å². The lowest BCUT2D eigenvalue weighted by molar-refractivity contribution is -0.136. The monoisotopic (exact) mass is 536 g/mol. The first kappa shape index (κ1) is 28.1. The highest BCUT2D eigenvalue weighted by Gasteiger charge is 2.34. The van der Waals surface area contributed by atoms with E-state index in [9.17, 15) is 19.5 Å². The van der Waals surface area contributed by atoms with Crippen molar-refractivity contribution in [1.29, 1.82) is 0 Å². The summed E-state index contributed by atoms with van der Waals surface area (Å²) in [5.74, 6) is -1.23. The van der Waals surface area contributed by atoms with Crippen LogP contribution >= 0.6 is 0 Å². The average molecular weight is 537 g/mol. The van der Waals surface area contributed by atoms with Gasteiger partial charge in [-0.1, -0.05) is 18.2 Å². The van der Waals surface area contributed by atoms with Crippen molar-refractivity contribution < 1.29 is 29.0 Å². The molecule has 1 aromatic heterocycles. The summed E-state index contributed by atoms with van der Waals surface area (Å²) in [7, 11) is 1.55. The Bertz CT molecular complexity index is 1390. The van der Waals surface area contributed by atoms with E-state index in [2.05, 4.69) is 14.8 Å². The Labute approximate surface area is 227 Å². The normalized spacial score (nSPS) is 14.9. The van der Waals surface area contributed by atoms with Crippen LogP contribution in [-0.2, 0) is 20.7 Å². The minimum absolute atomic E-state index is 0.164. The van der Waals surface area contributed by atoms with Crippen LogP contribution in [0.3, 0.4) is 0 Å². The van der Waals surface area contributed by atoms with Crippen molar-refractivity contribution in [2.75, 3.05) is 46.4 Å². The molecule has 10 heteroatoms. The number of carbonyl (C=O) groups is 3. The molecule has 1 saturated heterocycles. The quantitative estimate of drug-likeness (QED) is 0.336. The van der Waals surface area contributed by atoms with Crippen LogP contribution < -0.4 is 10.5 Å². The molecule has 0 atom stereocenters. The Balaban J connectivity index is 1.53. The Morgan fingerprint density at radius 2 is 1.77 bits per heavy atom. The Hall–Kier alpha value is -3.89. The number of aryl methyl sites for hydroxylation is 1. The number of aromatic nitrogens is 1. The first-order valence-corrected chi connectivity index (χ1v) is 13.0. The third kappa shape index (κ3) is 5.76. The molecule has 0 unspecified atom stereocenters. The average Bonchev–Trinajstić information content (AvgIpc) is 3.22. The molecule has 4 rings (SSSR count). The van der Waals surface area contributed by atoms with Gasteiger partial charge in [0.1, 0.15) is 12.4 Å². The maximum Gasteiger partial charge on any atom is 0.338 e. The molecule has 4 N–H and O–H groups in total. The Morgan fingerprint density at radius 3 is 2.41 bits per heavy atom. The fourth-order valence-electron chi connectivity index (χ4n) is 5.19. The topological polar surface area (TPSA) is 138 Å². The molecule has 1 amide bonds. The summed E-state index contributed by atoms with van der Waals surface area (Å²) in [6, 6.07) is 10.8. The third-order valence-corrected chi connectivity index (χ3v) is 7.61. The van der Waals surface area contributed by atoms with E-state index in [0.29, 0.717) is 53.0 Å². The van der Waals surface area contributed by atoms with Gasteiger partial charge in [0.05, 0.1) is 24.6 Å². The van der Waals surface area contributed by atoms with E-state index in [1.54, 1.807) is 25.3 Å². The summed E-state index contributed by atoms with van der Waals surface area (Å²) in [6.07, 6.45) is -0.164. The molecular formula is C29H36N4O6. The molecule has 0 spiro atoms. The van der Waals surface area contributed by atoms with Crippen LogP contribution in [0, 0.1) is 6.92 Å². The van der Waals surface area contributed by atoms with Gasteiger partial charge in [0, 0.05) is 60.4 Å². The van der Waals surface area contributed by atoms with E-state index in [4.69, 9.17) is 15.2 Å². The first-order valence-electron chi connectivity index (χ1n) is 13.0. The molecule has 1 aliphatic heterocycles. The van der Waals surface area contributed by atoms with Gasteiger partial charge in [0.15, 0.2) is 0 Å². The molecule has 2 aromatic carbocycles. The molecular weight excluding hydrogens is 500 g/mol. The molecule has 2 heterocycles. The standard InChI is InChI=1S/C29H36N4O6/c1-18-21(17-24(34)35)25-22(31-18)9-10-23(38-4)26(25)19-7-5-6-8-20(19)27(36)39-16-15-32-11-13-33(14-12-32)29(2,3)28(30)37/h5-10,31H,11-17H2,1-4H3,(H2,30,37)(H,34,35). The van der Waals surface area contributed by atoms with Gasteiger partial charge in [-0.05, 0) is 44.5 Å². The number of nitrogens with one attached hydrogen (secondary N) is 1. The summed E-state index contributed by atoms with van der Waals surface area (Å²) in [5, 5.41) is 10.3. The second-order valence-corrected chi connectivity index (χ2v) is 10.3. The SMILES string of the molecule is COc1ccc2[nH]c(C)c(CC(=O)O)c2c1-c1ccccc1C(=O)OCCN1CCN(C(C)(C)C(N)=O)CC1. The third-order valence-electron chi connectivity index (χ3n) is 7.61. The zero-order valence-electron chi connectivity index (χ0n) is 22.9. The van der Waals surface area contributed by atoms with Crippen molar-refractivity contribution in [3.63, 3.8) is 0 Å². The lowest BCUT2D eigenvalue weighted by Gasteiger charge is -2.42. The van der Waals surface area contributed by atoms with Gasteiger partial charge in [-0.2, -0.15) is 0 Å². The number of piperazine rings is 1. The van der Waals surface area contributed by atoms with Crippen molar-refractivity contribution in [2.45, 2.75) is 32.7 Å². The van der Waals surface area contributed by atoms with Crippen LogP contribution in [0.4, 0.5) is 0 Å². The number of benzene rings is 2. The number of H-pyrrole nitrogens is 1. The number of nitrogens with two attached hydrogens (primary N) is 1. The minimum atomic E-state index is -0.945. The highest BCUT2D eigenvalue weighted by molar-refractivity contribution is 6.07. The molecule has 208 valence electrons. The van der Waals surface area contributed by atoms with Crippen molar-refractivity contribution in [3.8, 4) is 16.9 Å². The number of hydrogen-bond acceptors (Lipinski definition) is 7. The number of carboxylic acids is 1. The molecule has 0 aliphatic carbocycles. The number of methoxy groups -OCH3 is 1. The molecule has 0 bridgehead atoms. The molecule has 0 radical (unpaired) electrons. The van der Waals surface area contributed by atoms with E-state index in [1.165, 1.54) is 0 Å². The number of hydrogen-bond donors (Lipinski definition) is 3. The predicted molar refractivity (Wildman–Crippen MR) is 148 cm³/mol. The first-order chi connectivity index (χ1) is 18.5. The Morgan fingerprint density at radius 1 is 1.08 bits per heavy atom. The number of primary amides is 1. The maximum atomic E-state index is 13.3. The lowest BCUT2D eigenvalue weighted by Crippen LogP contribution is -2.59. The van der Waals surface area contributed by atoms with E-state index in [-0.39, 0.29) is 18.9 Å². The van der Waals surface area contributed by atoms with Crippen molar-refractivity contribution in [1.82, 2.24) is 14.8 Å². The summed E-state index contributed by atoms with van der Waals surface area (Å²) in [5.41, 5.74) is 8.64. The largest absolute Gasteiger partial charge is 0.496 e. The predicted octanol–water partition coefficient (Wildman–Crippen LogP) is 2.82. The van der Waals surface area contributed by atoms with Gasteiger partial charge in [-0.3, -0.25) is 19.4 Å². The van der Waals surface area contributed by atoms with Crippen LogP contribution in [0.2, 0.25) is 0 Å². The second kappa shape index (κ2) is 11.5. The molecule has 39 heavy (non-hydrogen) atoms. The number of aliphatic carboxylic acids is 1. The van der Waals surface area contributed by atoms with Crippen LogP contribution in [0.25, 0.3) is 22.0 Å². The zero-order valence-corrected chi connectivity index (χ0v) is 22.9. The summed E-state index contributed by atoms with van der Waals surface area (Å²) in [4.78, 5) is 44.2. The molecule has 10 nitrogen and oxygen atoms in total. The van der Waals surface area contributed by atoms with Crippen molar-refractivity contribution in [3.05, 3.63) is 53.2 Å². The number of carbonyl (C=O) groups excluding carboxylic acids is 2. The highest BCUT2D eigenvalue weighted by atomic mass is 16.5. The number of amides is 1. The molecule has 1 fully saturated rings. The lowest BCUT2D eigenvalue weighted by atomic mass is 9.93. The van der Waals surface area contributed by atoms with Gasteiger partial charge < -0.3 is 25.3 Å². The van der Waals surface area contributed by atoms with Gasteiger partial charge in [-0.15, -0.1) is 0 Å². The highest BCUT2D eigenvalue weighted by Crippen LogP contribution is 2.41. The number of carboxylic acid groups (broad SMARTS) is 1. The van der Waals surface area contributed by atoms with Crippen LogP contribution in [0.5, 0.6) is 5.75 Å². The summed E-state index contributed by atoms with van der Waals surface area (Å²) >= 11 is 0. The number of nitrogens with zero attached hydrogens (tertiary/aromatic N) is 2. The number of esters is 1. The number of fused-ring (bicyclic) bond motifs is 1. The van der Waals surface area contributed by atoms with Crippen LogP contribution in [0.15, 0.2) is 36.4 Å². The van der Waals surface area contributed by atoms with Gasteiger partial charge in [0.2, 0.25) is 5.91 Å². The van der Waals surface area contributed by atoms with Crippen LogP contribution in [0.1, 0.15) is 35.5 Å². The Kier molecular flexibility index (Phi) is 8.27. The van der Waals surface area contributed by atoms with Gasteiger partial charge in [-0.25, -0.2) is 4.79 Å². The maximum absolute atomic E-state index is 13.3. The zero-order chi connectivity index (χ0) is 28.3. The minimum Gasteiger partial charge on any atom is -0.496 e. The molecule has 1 aliphatic rings. The van der Waals surface area contributed by atoms with Gasteiger partial charge >= 0.3 is 11.9 Å². The van der Waals surface area contributed by atoms with E-state index in [1.807, 2.05) is 39.0 Å². The number of rotatable bonds is 10. The van der Waals surface area contributed by atoms with E-state index >= 15 is 0 Å².